The summed E-state index contributed by atoms with van der Waals surface area (Å²) in [4.78, 5) is 12.7. The second-order valence-electron chi connectivity index (χ2n) is 7.33. The molecule has 0 spiro atoms. The standard InChI is InChI=1S/C19H27ClN2O3S/c20-15-9-11-18(12-10-15)26(24,25)22-13-5-4-8-17(22)14-19(23)21-16-6-2-1-3-7-16/h9-12,16-17H,1-8,13-14H2,(H,21,23)/t17-/m0/s1. The molecule has 1 aromatic carbocycles. The largest absolute Gasteiger partial charge is 0.353 e. The van der Waals surface area contributed by atoms with Crippen molar-refractivity contribution in [1.82, 2.24) is 9.62 Å². The molecule has 2 fully saturated rings. The fourth-order valence-corrected chi connectivity index (χ4v) is 5.80. The van der Waals surface area contributed by atoms with Gasteiger partial charge in [0, 0.05) is 30.1 Å². The van der Waals surface area contributed by atoms with Crippen LogP contribution >= 0.6 is 11.6 Å². The van der Waals surface area contributed by atoms with Crippen LogP contribution in [0, 0.1) is 0 Å². The van der Waals surface area contributed by atoms with Crippen molar-refractivity contribution >= 4 is 27.5 Å². The number of piperidine rings is 1. The summed E-state index contributed by atoms with van der Waals surface area (Å²) in [7, 11) is -3.61. The van der Waals surface area contributed by atoms with Crippen molar-refractivity contribution in [3.63, 3.8) is 0 Å². The number of nitrogens with zero attached hydrogens (tertiary/aromatic N) is 1. The van der Waals surface area contributed by atoms with E-state index in [-0.39, 0.29) is 29.3 Å². The monoisotopic (exact) mass is 398 g/mol. The predicted molar refractivity (Wildman–Crippen MR) is 103 cm³/mol. The van der Waals surface area contributed by atoms with Gasteiger partial charge in [-0.05, 0) is 49.9 Å². The number of sulfonamides is 1. The molecule has 3 rings (SSSR count). The average Bonchev–Trinajstić information content (AvgIpc) is 2.63. The van der Waals surface area contributed by atoms with E-state index in [1.54, 1.807) is 12.1 Å². The van der Waals surface area contributed by atoms with Gasteiger partial charge in [0.1, 0.15) is 0 Å². The first-order valence-electron chi connectivity index (χ1n) is 9.53. The van der Waals surface area contributed by atoms with Crippen LogP contribution in [0.4, 0.5) is 0 Å². The van der Waals surface area contributed by atoms with E-state index in [9.17, 15) is 13.2 Å². The highest BCUT2D eigenvalue weighted by Crippen LogP contribution is 2.28. The smallest absolute Gasteiger partial charge is 0.243 e. The van der Waals surface area contributed by atoms with Crippen LogP contribution in [0.1, 0.15) is 57.8 Å². The average molecular weight is 399 g/mol. The maximum Gasteiger partial charge on any atom is 0.243 e. The Morgan fingerprint density at radius 1 is 1.04 bits per heavy atom. The fourth-order valence-electron chi connectivity index (χ4n) is 3.98. The van der Waals surface area contributed by atoms with Crippen LogP contribution in [0.15, 0.2) is 29.2 Å². The molecule has 0 unspecified atom stereocenters. The van der Waals surface area contributed by atoms with Crippen LogP contribution in [0.2, 0.25) is 5.02 Å². The Morgan fingerprint density at radius 2 is 1.69 bits per heavy atom. The van der Waals surface area contributed by atoms with Crippen LogP contribution in [0.3, 0.4) is 0 Å². The quantitative estimate of drug-likeness (QED) is 0.821. The van der Waals surface area contributed by atoms with Gasteiger partial charge in [0.05, 0.1) is 4.90 Å². The van der Waals surface area contributed by atoms with E-state index < -0.39 is 10.0 Å². The number of rotatable bonds is 5. The lowest BCUT2D eigenvalue weighted by Crippen LogP contribution is -2.47. The summed E-state index contributed by atoms with van der Waals surface area (Å²) < 4.78 is 27.6. The van der Waals surface area contributed by atoms with E-state index in [4.69, 9.17) is 11.6 Å². The van der Waals surface area contributed by atoms with Crippen LogP contribution < -0.4 is 5.32 Å². The lowest BCUT2D eigenvalue weighted by Gasteiger charge is -2.35. The van der Waals surface area contributed by atoms with Gasteiger partial charge in [-0.15, -0.1) is 0 Å². The van der Waals surface area contributed by atoms with Crippen molar-refractivity contribution < 1.29 is 13.2 Å². The highest BCUT2D eigenvalue weighted by molar-refractivity contribution is 7.89. The SMILES string of the molecule is O=C(C[C@@H]1CCCCN1S(=O)(=O)c1ccc(Cl)cc1)NC1CCCCC1. The molecule has 1 saturated heterocycles. The molecule has 1 aromatic rings. The van der Waals surface area contributed by atoms with E-state index >= 15 is 0 Å². The van der Waals surface area contributed by atoms with Crippen molar-refractivity contribution in [3.05, 3.63) is 29.3 Å². The van der Waals surface area contributed by atoms with Gasteiger partial charge in [-0.3, -0.25) is 4.79 Å². The van der Waals surface area contributed by atoms with Gasteiger partial charge >= 0.3 is 0 Å². The number of halogens is 1. The Bertz CT molecular complexity index is 715. The Labute approximate surface area is 161 Å². The molecule has 26 heavy (non-hydrogen) atoms. The molecule has 0 bridgehead atoms. The van der Waals surface area contributed by atoms with Crippen molar-refractivity contribution in [2.45, 2.75) is 74.8 Å². The Kier molecular flexibility index (Phi) is 6.59. The first-order valence-corrected chi connectivity index (χ1v) is 11.4. The molecule has 1 heterocycles. The summed E-state index contributed by atoms with van der Waals surface area (Å²) in [5.74, 6) is -0.0277. The summed E-state index contributed by atoms with van der Waals surface area (Å²) in [5, 5.41) is 3.61. The molecule has 5 nitrogen and oxygen atoms in total. The number of carbonyl (C=O) groups excluding carboxylic acids is 1. The van der Waals surface area contributed by atoms with Crippen molar-refractivity contribution in [2.24, 2.45) is 0 Å². The van der Waals surface area contributed by atoms with Gasteiger partial charge in [-0.1, -0.05) is 37.3 Å². The topological polar surface area (TPSA) is 66.5 Å². The highest BCUT2D eigenvalue weighted by Gasteiger charge is 2.34. The third-order valence-electron chi connectivity index (χ3n) is 5.38. The minimum absolute atomic E-state index is 0.0277. The molecular weight excluding hydrogens is 372 g/mol. The molecule has 1 N–H and O–H groups in total. The number of hydrogen-bond acceptors (Lipinski definition) is 3. The van der Waals surface area contributed by atoms with Gasteiger partial charge in [0.2, 0.25) is 15.9 Å². The number of carbonyl (C=O) groups is 1. The fraction of sp³-hybridized carbons (Fsp3) is 0.632. The summed E-state index contributed by atoms with van der Waals surface area (Å²) >= 11 is 5.88. The van der Waals surface area contributed by atoms with E-state index in [0.717, 1.165) is 44.9 Å². The summed E-state index contributed by atoms with van der Waals surface area (Å²) in [6.45, 7) is 0.465. The molecule has 7 heteroatoms. The number of nitrogens with one attached hydrogen (secondary N) is 1. The summed E-state index contributed by atoms with van der Waals surface area (Å²) in [5.41, 5.74) is 0. The van der Waals surface area contributed by atoms with Crippen molar-refractivity contribution in [2.75, 3.05) is 6.54 Å². The number of hydrogen-bond donors (Lipinski definition) is 1. The molecule has 1 amide bonds. The van der Waals surface area contributed by atoms with Gasteiger partial charge < -0.3 is 5.32 Å². The predicted octanol–water partition coefficient (Wildman–Crippen LogP) is 3.72. The molecule has 1 saturated carbocycles. The zero-order valence-electron chi connectivity index (χ0n) is 15.0. The number of benzene rings is 1. The summed E-state index contributed by atoms with van der Waals surface area (Å²) in [6, 6.07) is 6.22. The maximum absolute atomic E-state index is 13.0. The zero-order valence-corrected chi connectivity index (χ0v) is 16.6. The molecule has 1 aliphatic heterocycles. The Balaban J connectivity index is 1.68. The number of amides is 1. The Morgan fingerprint density at radius 3 is 2.38 bits per heavy atom. The second kappa shape index (κ2) is 8.72. The van der Waals surface area contributed by atoms with Crippen LogP contribution in [-0.4, -0.2) is 37.3 Å². The lowest BCUT2D eigenvalue weighted by molar-refractivity contribution is -0.123. The second-order valence-corrected chi connectivity index (χ2v) is 9.65. The third-order valence-corrected chi connectivity index (χ3v) is 7.60. The Hall–Kier alpha value is -1.11. The first-order chi connectivity index (χ1) is 12.5. The first kappa shape index (κ1) is 19.6. The van der Waals surface area contributed by atoms with Gasteiger partial charge in [-0.2, -0.15) is 4.31 Å². The maximum atomic E-state index is 13.0. The molecule has 1 aliphatic carbocycles. The van der Waals surface area contributed by atoms with Crippen molar-refractivity contribution in [3.8, 4) is 0 Å². The minimum atomic E-state index is -3.61. The van der Waals surface area contributed by atoms with Crippen LogP contribution in [0.25, 0.3) is 0 Å². The van der Waals surface area contributed by atoms with E-state index in [1.807, 2.05) is 0 Å². The van der Waals surface area contributed by atoms with E-state index in [1.165, 1.54) is 22.9 Å². The van der Waals surface area contributed by atoms with Crippen LogP contribution in [0.5, 0.6) is 0 Å². The van der Waals surface area contributed by atoms with E-state index in [0.29, 0.717) is 11.6 Å². The van der Waals surface area contributed by atoms with Gasteiger partial charge in [-0.25, -0.2) is 8.42 Å². The molecular formula is C19H27ClN2O3S. The van der Waals surface area contributed by atoms with Gasteiger partial charge in [0.15, 0.2) is 0 Å². The molecule has 0 radical (unpaired) electrons. The summed E-state index contributed by atoms with van der Waals surface area (Å²) in [6.07, 6.45) is 8.36. The highest BCUT2D eigenvalue weighted by atomic mass is 35.5. The van der Waals surface area contributed by atoms with Gasteiger partial charge in [0.25, 0.3) is 0 Å². The minimum Gasteiger partial charge on any atom is -0.353 e. The van der Waals surface area contributed by atoms with Crippen molar-refractivity contribution in [1.29, 1.82) is 0 Å². The molecule has 1 atom stereocenters. The third kappa shape index (κ3) is 4.78. The van der Waals surface area contributed by atoms with Crippen LogP contribution in [-0.2, 0) is 14.8 Å². The zero-order chi connectivity index (χ0) is 18.6. The molecule has 144 valence electrons. The molecule has 2 aliphatic rings. The normalized spacial score (nSPS) is 22.9. The molecule has 0 aromatic heterocycles. The van der Waals surface area contributed by atoms with E-state index in [2.05, 4.69) is 5.32 Å². The lowest BCUT2D eigenvalue weighted by atomic mass is 9.95.